The van der Waals surface area contributed by atoms with Gasteiger partial charge >= 0.3 is 0 Å². The van der Waals surface area contributed by atoms with Crippen LogP contribution in [0, 0.1) is 5.92 Å². The lowest BCUT2D eigenvalue weighted by molar-refractivity contribution is -0.122. The number of rotatable bonds is 7. The minimum atomic E-state index is 0. The van der Waals surface area contributed by atoms with Crippen molar-refractivity contribution in [3.63, 3.8) is 0 Å². The summed E-state index contributed by atoms with van der Waals surface area (Å²) in [6.45, 7) is 5.36. The monoisotopic (exact) mass is 340 g/mol. The van der Waals surface area contributed by atoms with E-state index < -0.39 is 0 Å². The molecule has 3 N–H and O–H groups in total. The van der Waals surface area contributed by atoms with Gasteiger partial charge in [-0.2, -0.15) is 0 Å². The fourth-order valence-electron chi connectivity index (χ4n) is 2.94. The van der Waals surface area contributed by atoms with Crippen molar-refractivity contribution < 1.29 is 9.53 Å². The van der Waals surface area contributed by atoms with Gasteiger partial charge in [-0.25, -0.2) is 0 Å². The van der Waals surface area contributed by atoms with Crippen LogP contribution in [0.3, 0.4) is 0 Å². The second-order valence-corrected chi connectivity index (χ2v) is 6.48. The van der Waals surface area contributed by atoms with Gasteiger partial charge in [-0.3, -0.25) is 4.79 Å². The normalized spacial score (nSPS) is 20.2. The van der Waals surface area contributed by atoms with Gasteiger partial charge in [0.15, 0.2) is 0 Å². The third-order valence-corrected chi connectivity index (χ3v) is 4.41. The number of hydrogen-bond acceptors (Lipinski definition) is 3. The zero-order valence-corrected chi connectivity index (χ0v) is 14.9. The highest BCUT2D eigenvalue weighted by Crippen LogP contribution is 2.26. The Balaban J connectivity index is 0.00000264. The summed E-state index contributed by atoms with van der Waals surface area (Å²) in [5.41, 5.74) is 7.29. The van der Waals surface area contributed by atoms with Crippen LogP contribution in [0.2, 0.25) is 0 Å². The van der Waals surface area contributed by atoms with Crippen molar-refractivity contribution in [1.82, 2.24) is 5.32 Å². The van der Waals surface area contributed by atoms with Crippen molar-refractivity contribution in [2.24, 2.45) is 11.7 Å². The summed E-state index contributed by atoms with van der Waals surface area (Å²) in [5.74, 6) is 1.80. The summed E-state index contributed by atoms with van der Waals surface area (Å²) in [4.78, 5) is 11.9. The Bertz CT molecular complexity index is 476. The van der Waals surface area contributed by atoms with E-state index in [9.17, 15) is 4.79 Å². The number of hydrogen-bond donors (Lipinski definition) is 2. The largest absolute Gasteiger partial charge is 0.492 e. The number of carbonyl (C=O) groups excluding carboxylic acids is 1. The molecule has 2 atom stereocenters. The summed E-state index contributed by atoms with van der Waals surface area (Å²) in [6, 6.07) is 8.32. The molecule has 0 saturated heterocycles. The molecule has 1 saturated carbocycles. The Labute approximate surface area is 145 Å². The SMILES string of the molecule is CC(C)c1ccc(OCCNC(=O)C[C@@H]2CCC[C@H]2N)cc1.Cl. The molecule has 1 amide bonds. The number of halogens is 1. The molecule has 1 aromatic rings. The minimum absolute atomic E-state index is 0. The first kappa shape index (κ1) is 19.8. The maximum Gasteiger partial charge on any atom is 0.220 e. The summed E-state index contributed by atoms with van der Waals surface area (Å²) in [7, 11) is 0. The van der Waals surface area contributed by atoms with Gasteiger partial charge in [0.2, 0.25) is 5.91 Å². The van der Waals surface area contributed by atoms with E-state index in [1.807, 2.05) is 12.1 Å². The average Bonchev–Trinajstić information content (AvgIpc) is 2.89. The van der Waals surface area contributed by atoms with E-state index in [1.54, 1.807) is 0 Å². The van der Waals surface area contributed by atoms with Crippen LogP contribution in [-0.2, 0) is 4.79 Å². The van der Waals surface area contributed by atoms with Crippen LogP contribution in [0.1, 0.15) is 51.0 Å². The van der Waals surface area contributed by atoms with E-state index in [1.165, 1.54) is 5.56 Å². The highest BCUT2D eigenvalue weighted by Gasteiger charge is 2.25. The highest BCUT2D eigenvalue weighted by atomic mass is 35.5. The molecule has 0 spiro atoms. The molecule has 5 heteroatoms. The molecule has 1 aliphatic rings. The number of nitrogens with one attached hydrogen (secondary N) is 1. The molecular weight excluding hydrogens is 312 g/mol. The first-order chi connectivity index (χ1) is 10.6. The quantitative estimate of drug-likeness (QED) is 0.749. The molecule has 23 heavy (non-hydrogen) atoms. The molecule has 130 valence electrons. The molecule has 1 fully saturated rings. The van der Waals surface area contributed by atoms with E-state index >= 15 is 0 Å². The van der Waals surface area contributed by atoms with Crippen molar-refractivity contribution in [2.45, 2.75) is 51.5 Å². The Morgan fingerprint density at radius 3 is 2.57 bits per heavy atom. The number of nitrogens with two attached hydrogens (primary N) is 1. The number of benzene rings is 1. The minimum Gasteiger partial charge on any atom is -0.492 e. The van der Waals surface area contributed by atoms with Gasteiger partial charge in [-0.15, -0.1) is 12.4 Å². The molecule has 1 aliphatic carbocycles. The van der Waals surface area contributed by atoms with Crippen molar-refractivity contribution in [2.75, 3.05) is 13.2 Å². The molecular formula is C18H29ClN2O2. The molecule has 0 radical (unpaired) electrons. The molecule has 0 heterocycles. The van der Waals surface area contributed by atoms with E-state index in [0.29, 0.717) is 31.4 Å². The Kier molecular flexibility index (Phi) is 8.42. The molecule has 2 rings (SSSR count). The van der Waals surface area contributed by atoms with E-state index in [-0.39, 0.29) is 24.4 Å². The number of ether oxygens (including phenoxy) is 1. The maximum absolute atomic E-state index is 11.9. The highest BCUT2D eigenvalue weighted by molar-refractivity contribution is 5.85. The van der Waals surface area contributed by atoms with Gasteiger partial charge in [0, 0.05) is 12.5 Å². The van der Waals surface area contributed by atoms with Crippen LogP contribution >= 0.6 is 12.4 Å². The lowest BCUT2D eigenvalue weighted by Gasteiger charge is -2.15. The molecule has 0 unspecified atom stereocenters. The molecule has 4 nitrogen and oxygen atoms in total. The van der Waals surface area contributed by atoms with Crippen LogP contribution in [-0.4, -0.2) is 25.1 Å². The first-order valence-electron chi connectivity index (χ1n) is 8.31. The van der Waals surface area contributed by atoms with Crippen molar-refractivity contribution in [1.29, 1.82) is 0 Å². The van der Waals surface area contributed by atoms with Gasteiger partial charge < -0.3 is 15.8 Å². The van der Waals surface area contributed by atoms with Gasteiger partial charge in [-0.05, 0) is 42.4 Å². The Hall–Kier alpha value is -1.26. The molecule has 0 aromatic heterocycles. The zero-order valence-electron chi connectivity index (χ0n) is 14.1. The second kappa shape index (κ2) is 9.78. The van der Waals surface area contributed by atoms with Gasteiger partial charge in [0.25, 0.3) is 0 Å². The van der Waals surface area contributed by atoms with Crippen LogP contribution in [0.5, 0.6) is 5.75 Å². The fraction of sp³-hybridized carbons (Fsp3) is 0.611. The fourth-order valence-corrected chi connectivity index (χ4v) is 2.94. The van der Waals surface area contributed by atoms with Crippen LogP contribution in [0.4, 0.5) is 0 Å². The number of carbonyl (C=O) groups is 1. The lowest BCUT2D eigenvalue weighted by atomic mass is 10.00. The zero-order chi connectivity index (χ0) is 15.9. The molecule has 1 aromatic carbocycles. The third kappa shape index (κ3) is 6.40. The van der Waals surface area contributed by atoms with Gasteiger partial charge in [-0.1, -0.05) is 32.4 Å². The predicted molar refractivity (Wildman–Crippen MR) is 96.2 cm³/mol. The van der Waals surface area contributed by atoms with Crippen LogP contribution in [0.15, 0.2) is 24.3 Å². The number of amides is 1. The van der Waals surface area contributed by atoms with Crippen molar-refractivity contribution >= 4 is 18.3 Å². The van der Waals surface area contributed by atoms with E-state index in [2.05, 4.69) is 31.3 Å². The standard InChI is InChI=1S/C18H28N2O2.ClH/c1-13(2)14-6-8-16(9-7-14)22-11-10-20-18(21)12-15-4-3-5-17(15)19;/h6-9,13,15,17H,3-5,10-12,19H2,1-2H3,(H,20,21);1H/t15-,17+;/m0./s1. The van der Waals surface area contributed by atoms with Crippen molar-refractivity contribution in [3.8, 4) is 5.75 Å². The van der Waals surface area contributed by atoms with E-state index in [4.69, 9.17) is 10.5 Å². The molecule has 0 bridgehead atoms. The van der Waals surface area contributed by atoms with Crippen LogP contribution in [0.25, 0.3) is 0 Å². The van der Waals surface area contributed by atoms with E-state index in [0.717, 1.165) is 25.0 Å². The maximum atomic E-state index is 11.9. The Morgan fingerprint density at radius 1 is 1.30 bits per heavy atom. The summed E-state index contributed by atoms with van der Waals surface area (Å²) in [5, 5.41) is 2.91. The third-order valence-electron chi connectivity index (χ3n) is 4.41. The summed E-state index contributed by atoms with van der Waals surface area (Å²) in [6.07, 6.45) is 3.82. The van der Waals surface area contributed by atoms with Gasteiger partial charge in [0.1, 0.15) is 12.4 Å². The summed E-state index contributed by atoms with van der Waals surface area (Å²) >= 11 is 0. The smallest absolute Gasteiger partial charge is 0.220 e. The van der Waals surface area contributed by atoms with Crippen molar-refractivity contribution in [3.05, 3.63) is 29.8 Å². The topological polar surface area (TPSA) is 64.3 Å². The predicted octanol–water partition coefficient (Wildman–Crippen LogP) is 3.24. The Morgan fingerprint density at radius 2 is 2.00 bits per heavy atom. The lowest BCUT2D eigenvalue weighted by Crippen LogP contribution is -2.33. The van der Waals surface area contributed by atoms with Crippen LogP contribution < -0.4 is 15.8 Å². The molecule has 0 aliphatic heterocycles. The first-order valence-corrected chi connectivity index (χ1v) is 8.31. The average molecular weight is 341 g/mol. The summed E-state index contributed by atoms with van der Waals surface area (Å²) < 4.78 is 5.64. The second-order valence-electron chi connectivity index (χ2n) is 6.48. The van der Waals surface area contributed by atoms with Gasteiger partial charge in [0.05, 0.1) is 6.54 Å².